The van der Waals surface area contributed by atoms with E-state index in [1.807, 2.05) is 6.07 Å². The standard InChI is InChI=1S/C22H21Cl2N5O/c23-17-6-7-18(19(24)12-17)22(30)27-20-13-21(26-15-25-20)29-10-8-28(9-11-29)14-16-4-2-1-3-5-16/h1-7,12-13,15H,8-11,14H2,(H,25,26,27,30). The van der Waals surface area contributed by atoms with Gasteiger partial charge in [-0.25, -0.2) is 9.97 Å². The van der Waals surface area contributed by atoms with Crippen LogP contribution in [0, 0.1) is 0 Å². The molecule has 1 amide bonds. The van der Waals surface area contributed by atoms with Crippen LogP contribution in [0.3, 0.4) is 0 Å². The van der Waals surface area contributed by atoms with Crippen LogP contribution in [0.5, 0.6) is 0 Å². The zero-order valence-electron chi connectivity index (χ0n) is 16.3. The molecule has 0 aliphatic carbocycles. The highest BCUT2D eigenvalue weighted by Gasteiger charge is 2.19. The zero-order valence-corrected chi connectivity index (χ0v) is 17.8. The Balaban J connectivity index is 1.37. The average Bonchev–Trinajstić information content (AvgIpc) is 2.75. The second-order valence-electron chi connectivity index (χ2n) is 7.09. The summed E-state index contributed by atoms with van der Waals surface area (Å²) >= 11 is 12.0. The Morgan fingerprint density at radius 2 is 1.73 bits per heavy atom. The topological polar surface area (TPSA) is 61.4 Å². The molecule has 3 aromatic rings. The van der Waals surface area contributed by atoms with E-state index in [9.17, 15) is 4.79 Å². The van der Waals surface area contributed by atoms with Gasteiger partial charge in [0.1, 0.15) is 18.0 Å². The number of benzene rings is 2. The third-order valence-electron chi connectivity index (χ3n) is 5.02. The molecule has 0 spiro atoms. The van der Waals surface area contributed by atoms with Gasteiger partial charge in [-0.05, 0) is 23.8 Å². The molecule has 1 saturated heterocycles. The van der Waals surface area contributed by atoms with Crippen molar-refractivity contribution in [2.75, 3.05) is 36.4 Å². The number of carbonyl (C=O) groups is 1. The second kappa shape index (κ2) is 9.43. The molecule has 1 aliphatic rings. The van der Waals surface area contributed by atoms with E-state index in [0.29, 0.717) is 21.4 Å². The summed E-state index contributed by atoms with van der Waals surface area (Å²) in [6, 6.07) is 17.0. The lowest BCUT2D eigenvalue weighted by molar-refractivity contribution is 0.102. The molecule has 2 aromatic carbocycles. The molecule has 0 bridgehead atoms. The number of hydrogen-bond acceptors (Lipinski definition) is 5. The van der Waals surface area contributed by atoms with E-state index < -0.39 is 0 Å². The maximum atomic E-state index is 12.5. The van der Waals surface area contributed by atoms with Crippen molar-refractivity contribution in [3.63, 3.8) is 0 Å². The molecule has 1 fully saturated rings. The number of hydrogen-bond donors (Lipinski definition) is 1. The van der Waals surface area contributed by atoms with Gasteiger partial charge in [0.15, 0.2) is 0 Å². The lowest BCUT2D eigenvalue weighted by Crippen LogP contribution is -2.46. The van der Waals surface area contributed by atoms with Gasteiger partial charge in [0, 0.05) is 43.8 Å². The van der Waals surface area contributed by atoms with Crippen molar-refractivity contribution in [2.45, 2.75) is 6.54 Å². The van der Waals surface area contributed by atoms with Gasteiger partial charge in [0.25, 0.3) is 5.91 Å². The number of halogens is 2. The molecule has 1 aromatic heterocycles. The van der Waals surface area contributed by atoms with Gasteiger partial charge >= 0.3 is 0 Å². The summed E-state index contributed by atoms with van der Waals surface area (Å²) in [5.74, 6) is 0.888. The number of carbonyl (C=O) groups excluding carboxylic acids is 1. The molecule has 2 heterocycles. The van der Waals surface area contributed by atoms with Crippen molar-refractivity contribution >= 4 is 40.7 Å². The number of piperazine rings is 1. The summed E-state index contributed by atoms with van der Waals surface area (Å²) in [7, 11) is 0. The average molecular weight is 442 g/mol. The molecule has 0 radical (unpaired) electrons. The number of nitrogens with one attached hydrogen (secondary N) is 1. The van der Waals surface area contributed by atoms with E-state index in [0.717, 1.165) is 38.5 Å². The highest BCUT2D eigenvalue weighted by Crippen LogP contribution is 2.23. The van der Waals surface area contributed by atoms with Crippen molar-refractivity contribution in [2.24, 2.45) is 0 Å². The van der Waals surface area contributed by atoms with Crippen LogP contribution in [0.25, 0.3) is 0 Å². The SMILES string of the molecule is O=C(Nc1cc(N2CCN(Cc3ccccc3)CC2)ncn1)c1ccc(Cl)cc1Cl. The van der Waals surface area contributed by atoms with Crippen LogP contribution in [0.4, 0.5) is 11.6 Å². The van der Waals surface area contributed by atoms with Gasteiger partial charge < -0.3 is 10.2 Å². The number of rotatable bonds is 5. The van der Waals surface area contributed by atoms with Crippen LogP contribution in [-0.2, 0) is 6.54 Å². The Morgan fingerprint density at radius 3 is 2.47 bits per heavy atom. The number of aromatic nitrogens is 2. The molecular weight excluding hydrogens is 421 g/mol. The molecule has 30 heavy (non-hydrogen) atoms. The quantitative estimate of drug-likeness (QED) is 0.637. The first-order valence-electron chi connectivity index (χ1n) is 9.68. The summed E-state index contributed by atoms with van der Waals surface area (Å²) in [5.41, 5.74) is 1.66. The monoisotopic (exact) mass is 441 g/mol. The normalized spacial score (nSPS) is 14.5. The van der Waals surface area contributed by atoms with Crippen LogP contribution in [-0.4, -0.2) is 47.0 Å². The fraction of sp³-hybridized carbons (Fsp3) is 0.227. The Hall–Kier alpha value is -2.67. The van der Waals surface area contributed by atoms with Crippen LogP contribution < -0.4 is 10.2 Å². The minimum atomic E-state index is -0.339. The van der Waals surface area contributed by atoms with E-state index in [2.05, 4.69) is 49.4 Å². The van der Waals surface area contributed by atoms with Gasteiger partial charge in [0.05, 0.1) is 10.6 Å². The van der Waals surface area contributed by atoms with Crippen LogP contribution >= 0.6 is 23.2 Å². The van der Waals surface area contributed by atoms with E-state index in [-0.39, 0.29) is 5.91 Å². The molecule has 0 unspecified atom stereocenters. The lowest BCUT2D eigenvalue weighted by Gasteiger charge is -2.35. The Labute approximate surface area is 185 Å². The third kappa shape index (κ3) is 5.08. The highest BCUT2D eigenvalue weighted by molar-refractivity contribution is 6.37. The summed E-state index contributed by atoms with van der Waals surface area (Å²) in [5, 5.41) is 3.56. The largest absolute Gasteiger partial charge is 0.354 e. The molecule has 0 atom stereocenters. The molecule has 1 aliphatic heterocycles. The first-order valence-corrected chi connectivity index (χ1v) is 10.4. The fourth-order valence-corrected chi connectivity index (χ4v) is 3.92. The lowest BCUT2D eigenvalue weighted by atomic mass is 10.2. The maximum Gasteiger partial charge on any atom is 0.258 e. The first-order chi connectivity index (χ1) is 14.6. The summed E-state index contributed by atoms with van der Waals surface area (Å²) in [6.07, 6.45) is 1.46. The minimum Gasteiger partial charge on any atom is -0.354 e. The van der Waals surface area contributed by atoms with Crippen molar-refractivity contribution in [3.8, 4) is 0 Å². The minimum absolute atomic E-state index is 0.295. The van der Waals surface area contributed by atoms with E-state index in [1.54, 1.807) is 24.3 Å². The van der Waals surface area contributed by atoms with Crippen molar-refractivity contribution in [3.05, 3.63) is 82.1 Å². The van der Waals surface area contributed by atoms with Gasteiger partial charge in [-0.2, -0.15) is 0 Å². The van der Waals surface area contributed by atoms with Crippen molar-refractivity contribution in [1.29, 1.82) is 0 Å². The predicted octanol–water partition coefficient (Wildman–Crippen LogP) is 4.36. The predicted molar refractivity (Wildman–Crippen MR) is 120 cm³/mol. The molecular formula is C22H21Cl2N5O. The summed E-state index contributed by atoms with van der Waals surface area (Å²) in [4.78, 5) is 25.7. The number of anilines is 2. The highest BCUT2D eigenvalue weighted by atomic mass is 35.5. The Bertz CT molecular complexity index is 1020. The molecule has 6 nitrogen and oxygen atoms in total. The van der Waals surface area contributed by atoms with Crippen molar-refractivity contribution < 1.29 is 4.79 Å². The molecule has 0 saturated carbocycles. The van der Waals surface area contributed by atoms with E-state index in [4.69, 9.17) is 23.2 Å². The van der Waals surface area contributed by atoms with Gasteiger partial charge in [-0.15, -0.1) is 0 Å². The van der Waals surface area contributed by atoms with Crippen LogP contribution in [0.2, 0.25) is 10.0 Å². The van der Waals surface area contributed by atoms with Crippen LogP contribution in [0.15, 0.2) is 60.9 Å². The molecule has 154 valence electrons. The number of amides is 1. The Morgan fingerprint density at radius 1 is 0.967 bits per heavy atom. The zero-order chi connectivity index (χ0) is 20.9. The molecule has 8 heteroatoms. The van der Waals surface area contributed by atoms with Crippen molar-refractivity contribution in [1.82, 2.24) is 14.9 Å². The third-order valence-corrected chi connectivity index (χ3v) is 5.56. The van der Waals surface area contributed by atoms with Gasteiger partial charge in [0.2, 0.25) is 0 Å². The smallest absolute Gasteiger partial charge is 0.258 e. The van der Waals surface area contributed by atoms with Crippen LogP contribution in [0.1, 0.15) is 15.9 Å². The maximum absolute atomic E-state index is 12.5. The summed E-state index contributed by atoms with van der Waals surface area (Å²) in [6.45, 7) is 4.56. The van der Waals surface area contributed by atoms with Gasteiger partial charge in [-0.3, -0.25) is 9.69 Å². The fourth-order valence-electron chi connectivity index (χ4n) is 3.42. The molecule has 1 N–H and O–H groups in total. The Kier molecular flexibility index (Phi) is 6.47. The summed E-state index contributed by atoms with van der Waals surface area (Å²) < 4.78 is 0. The molecule has 4 rings (SSSR count). The van der Waals surface area contributed by atoms with E-state index in [1.165, 1.54) is 11.9 Å². The van der Waals surface area contributed by atoms with E-state index >= 15 is 0 Å². The first kappa shape index (κ1) is 20.6. The second-order valence-corrected chi connectivity index (χ2v) is 7.93. The van der Waals surface area contributed by atoms with Gasteiger partial charge in [-0.1, -0.05) is 53.5 Å². The number of nitrogens with zero attached hydrogens (tertiary/aromatic N) is 4.